The Morgan fingerprint density at radius 1 is 1.29 bits per heavy atom. The van der Waals surface area contributed by atoms with Gasteiger partial charge in [-0.1, -0.05) is 29.8 Å². The van der Waals surface area contributed by atoms with Crippen LogP contribution in [0.15, 0.2) is 29.7 Å². The molecule has 1 saturated carbocycles. The summed E-state index contributed by atoms with van der Waals surface area (Å²) in [5.74, 6) is -0.109. The van der Waals surface area contributed by atoms with Crippen LogP contribution in [0.5, 0.6) is 0 Å². The summed E-state index contributed by atoms with van der Waals surface area (Å²) in [6, 6.07) is 7.84. The minimum absolute atomic E-state index is 0.109. The molecule has 1 aliphatic rings. The molecule has 0 atom stereocenters. The summed E-state index contributed by atoms with van der Waals surface area (Å²) in [6.45, 7) is 2.08. The average molecular weight is 308 g/mol. The lowest BCUT2D eigenvalue weighted by Gasteiger charge is -2.04. The van der Waals surface area contributed by atoms with Crippen LogP contribution in [-0.2, 0) is 14.8 Å². The standard InChI is InChI=1S/C15H20N2O3S/c1-12-2-4-13(5-3-12)9-11-21(19,20)16-10-8-15(18)17-14-6-7-14/h2-5,9,11,14,16H,6-8,10H2,1H3,(H,17,18)/b11-9+. The number of carbonyl (C=O) groups is 1. The molecule has 6 heteroatoms. The van der Waals surface area contributed by atoms with Gasteiger partial charge < -0.3 is 5.32 Å². The van der Waals surface area contributed by atoms with Crippen LogP contribution in [0, 0.1) is 6.92 Å². The molecule has 0 bridgehead atoms. The molecule has 0 spiro atoms. The van der Waals surface area contributed by atoms with E-state index < -0.39 is 10.0 Å². The number of hydrogen-bond donors (Lipinski definition) is 2. The Morgan fingerprint density at radius 2 is 1.95 bits per heavy atom. The van der Waals surface area contributed by atoms with Crippen molar-refractivity contribution < 1.29 is 13.2 Å². The second-order valence-electron chi connectivity index (χ2n) is 5.24. The predicted molar refractivity (Wildman–Crippen MR) is 82.9 cm³/mol. The maximum absolute atomic E-state index is 11.8. The summed E-state index contributed by atoms with van der Waals surface area (Å²) in [7, 11) is -3.51. The van der Waals surface area contributed by atoms with Gasteiger partial charge in [0.1, 0.15) is 0 Å². The highest BCUT2D eigenvalue weighted by atomic mass is 32.2. The van der Waals surface area contributed by atoms with Crippen LogP contribution in [0.4, 0.5) is 0 Å². The van der Waals surface area contributed by atoms with Gasteiger partial charge in [-0.05, 0) is 31.4 Å². The molecule has 0 aliphatic heterocycles. The summed E-state index contributed by atoms with van der Waals surface area (Å²) >= 11 is 0. The summed E-state index contributed by atoms with van der Waals surface area (Å²) in [5, 5.41) is 3.93. The van der Waals surface area contributed by atoms with Gasteiger partial charge in [-0.3, -0.25) is 4.79 Å². The summed E-state index contributed by atoms with van der Waals surface area (Å²) in [6.07, 6.45) is 3.74. The maximum Gasteiger partial charge on any atom is 0.233 e. The molecule has 114 valence electrons. The molecule has 0 saturated heterocycles. The fourth-order valence-corrected chi connectivity index (χ4v) is 2.55. The molecular formula is C15H20N2O3S. The number of hydrogen-bond acceptors (Lipinski definition) is 3. The molecule has 1 aromatic carbocycles. The number of carbonyl (C=O) groups excluding carboxylic acids is 1. The van der Waals surface area contributed by atoms with E-state index in [0.717, 1.165) is 29.4 Å². The highest BCUT2D eigenvalue weighted by Gasteiger charge is 2.22. The SMILES string of the molecule is Cc1ccc(/C=C/S(=O)(=O)NCCC(=O)NC2CC2)cc1. The first-order chi connectivity index (χ1) is 9.94. The van der Waals surface area contributed by atoms with Gasteiger partial charge in [0.15, 0.2) is 0 Å². The molecule has 1 aromatic rings. The zero-order valence-electron chi connectivity index (χ0n) is 12.0. The van der Waals surface area contributed by atoms with Gasteiger partial charge in [0.2, 0.25) is 15.9 Å². The van der Waals surface area contributed by atoms with Crippen LogP contribution in [0.3, 0.4) is 0 Å². The van der Waals surface area contributed by atoms with E-state index in [2.05, 4.69) is 10.0 Å². The van der Waals surface area contributed by atoms with Gasteiger partial charge in [-0.2, -0.15) is 0 Å². The topological polar surface area (TPSA) is 75.3 Å². The monoisotopic (exact) mass is 308 g/mol. The first kappa shape index (κ1) is 15.7. The smallest absolute Gasteiger partial charge is 0.233 e. The Hall–Kier alpha value is -1.66. The van der Waals surface area contributed by atoms with Crippen molar-refractivity contribution in [2.75, 3.05) is 6.54 Å². The lowest BCUT2D eigenvalue weighted by Crippen LogP contribution is -2.30. The van der Waals surface area contributed by atoms with Crippen molar-refractivity contribution in [3.63, 3.8) is 0 Å². The van der Waals surface area contributed by atoms with E-state index in [1.165, 1.54) is 6.08 Å². The molecule has 0 radical (unpaired) electrons. The van der Waals surface area contributed by atoms with Crippen molar-refractivity contribution in [3.05, 3.63) is 40.8 Å². The third-order valence-corrected chi connectivity index (χ3v) is 4.22. The number of rotatable bonds is 7. The maximum atomic E-state index is 11.8. The van der Waals surface area contributed by atoms with E-state index in [0.29, 0.717) is 6.04 Å². The summed E-state index contributed by atoms with van der Waals surface area (Å²) in [5.41, 5.74) is 1.94. The Bertz CT molecular complexity index is 617. The van der Waals surface area contributed by atoms with Crippen LogP contribution >= 0.6 is 0 Å². The van der Waals surface area contributed by atoms with Crippen molar-refractivity contribution in [3.8, 4) is 0 Å². The van der Waals surface area contributed by atoms with Crippen LogP contribution in [-0.4, -0.2) is 26.9 Å². The lowest BCUT2D eigenvalue weighted by atomic mass is 10.2. The number of benzene rings is 1. The third kappa shape index (κ3) is 6.10. The lowest BCUT2D eigenvalue weighted by molar-refractivity contribution is -0.121. The number of nitrogens with one attached hydrogen (secondary N) is 2. The largest absolute Gasteiger partial charge is 0.353 e. The molecule has 2 rings (SSSR count). The minimum atomic E-state index is -3.51. The Morgan fingerprint density at radius 3 is 2.57 bits per heavy atom. The molecule has 21 heavy (non-hydrogen) atoms. The van der Waals surface area contributed by atoms with Gasteiger partial charge in [-0.25, -0.2) is 13.1 Å². The minimum Gasteiger partial charge on any atom is -0.353 e. The average Bonchev–Trinajstić information content (AvgIpc) is 3.22. The van der Waals surface area contributed by atoms with Crippen molar-refractivity contribution in [2.45, 2.75) is 32.2 Å². The quantitative estimate of drug-likeness (QED) is 0.802. The first-order valence-corrected chi connectivity index (χ1v) is 8.53. The molecule has 1 amide bonds. The molecule has 0 aromatic heterocycles. The fourth-order valence-electron chi connectivity index (χ4n) is 1.73. The number of sulfonamides is 1. The van der Waals surface area contributed by atoms with Crippen LogP contribution in [0.2, 0.25) is 0 Å². The van der Waals surface area contributed by atoms with Gasteiger partial charge in [0, 0.05) is 24.4 Å². The van der Waals surface area contributed by atoms with Crippen molar-refractivity contribution in [1.29, 1.82) is 0 Å². The second kappa shape index (κ2) is 6.87. The molecule has 1 fully saturated rings. The van der Waals surface area contributed by atoms with Gasteiger partial charge in [0.25, 0.3) is 0 Å². The molecule has 0 heterocycles. The molecule has 2 N–H and O–H groups in total. The summed E-state index contributed by atoms with van der Waals surface area (Å²) in [4.78, 5) is 11.4. The number of amides is 1. The molecule has 0 unspecified atom stereocenters. The molecule has 1 aliphatic carbocycles. The van der Waals surface area contributed by atoms with Crippen LogP contribution in [0.1, 0.15) is 30.4 Å². The zero-order chi connectivity index (χ0) is 15.3. The third-order valence-electron chi connectivity index (χ3n) is 3.11. The Kier molecular flexibility index (Phi) is 5.14. The van der Waals surface area contributed by atoms with E-state index in [9.17, 15) is 13.2 Å². The molecule has 5 nitrogen and oxygen atoms in total. The Labute approximate surface area is 125 Å². The fraction of sp³-hybridized carbons (Fsp3) is 0.400. The predicted octanol–water partition coefficient (Wildman–Crippen LogP) is 1.55. The Balaban J connectivity index is 1.78. The molecular weight excluding hydrogens is 288 g/mol. The van der Waals surface area contributed by atoms with Crippen molar-refractivity contribution in [1.82, 2.24) is 10.0 Å². The highest BCUT2D eigenvalue weighted by molar-refractivity contribution is 7.92. The van der Waals surface area contributed by atoms with E-state index >= 15 is 0 Å². The van der Waals surface area contributed by atoms with E-state index in [1.54, 1.807) is 0 Å². The van der Waals surface area contributed by atoms with Gasteiger partial charge in [0.05, 0.1) is 0 Å². The van der Waals surface area contributed by atoms with E-state index in [1.807, 2.05) is 31.2 Å². The first-order valence-electron chi connectivity index (χ1n) is 6.98. The second-order valence-corrected chi connectivity index (χ2v) is 6.90. The van der Waals surface area contributed by atoms with Crippen LogP contribution < -0.4 is 10.0 Å². The van der Waals surface area contributed by atoms with Gasteiger partial charge in [-0.15, -0.1) is 0 Å². The normalized spacial score (nSPS) is 15.3. The van der Waals surface area contributed by atoms with Gasteiger partial charge >= 0.3 is 0 Å². The van der Waals surface area contributed by atoms with Crippen molar-refractivity contribution in [2.24, 2.45) is 0 Å². The van der Waals surface area contributed by atoms with Crippen molar-refractivity contribution >= 4 is 22.0 Å². The highest BCUT2D eigenvalue weighted by Crippen LogP contribution is 2.18. The zero-order valence-corrected chi connectivity index (χ0v) is 12.8. The number of aryl methyl sites for hydroxylation is 1. The van der Waals surface area contributed by atoms with E-state index in [4.69, 9.17) is 0 Å². The summed E-state index contributed by atoms with van der Waals surface area (Å²) < 4.78 is 25.9. The van der Waals surface area contributed by atoms with Crippen LogP contribution in [0.25, 0.3) is 6.08 Å². The van der Waals surface area contributed by atoms with E-state index in [-0.39, 0.29) is 18.9 Å².